The summed E-state index contributed by atoms with van der Waals surface area (Å²) in [6.45, 7) is 0. The maximum Gasteiger partial charge on any atom is 0.335 e. The topological polar surface area (TPSA) is 76.2 Å². The smallest absolute Gasteiger partial charge is 0.335 e. The number of nitrogens with two attached hydrogens (primary N) is 1. The fraction of sp³-hybridized carbons (Fsp3) is 0.286. The van der Waals surface area contributed by atoms with Gasteiger partial charge in [0.15, 0.2) is 0 Å². The first-order chi connectivity index (χ1) is 8.66. The molecule has 1 aromatic carbocycles. The van der Waals surface area contributed by atoms with Crippen LogP contribution in [0.2, 0.25) is 0 Å². The highest BCUT2D eigenvalue weighted by atomic mass is 16.4. The number of pyridine rings is 1. The monoisotopic (exact) mass is 242 g/mol. The number of aromatic nitrogens is 1. The van der Waals surface area contributed by atoms with E-state index in [1.807, 2.05) is 0 Å². The van der Waals surface area contributed by atoms with Gasteiger partial charge in [0.1, 0.15) is 5.82 Å². The highest BCUT2D eigenvalue weighted by Gasteiger charge is 2.17. The average molecular weight is 242 g/mol. The first kappa shape index (κ1) is 11.0. The maximum atomic E-state index is 11.0. The summed E-state index contributed by atoms with van der Waals surface area (Å²) in [5.41, 5.74) is 9.37. The fourth-order valence-corrected chi connectivity index (χ4v) is 2.69. The zero-order valence-electron chi connectivity index (χ0n) is 9.94. The van der Waals surface area contributed by atoms with E-state index in [0.29, 0.717) is 11.4 Å². The van der Waals surface area contributed by atoms with Crippen LogP contribution in [0.5, 0.6) is 0 Å². The molecule has 0 aliphatic heterocycles. The largest absolute Gasteiger partial charge is 0.478 e. The van der Waals surface area contributed by atoms with Crippen LogP contribution in [0.4, 0.5) is 5.82 Å². The highest BCUT2D eigenvalue weighted by molar-refractivity contribution is 5.95. The molecule has 2 aromatic rings. The summed E-state index contributed by atoms with van der Waals surface area (Å²) < 4.78 is 0. The molecule has 0 spiro atoms. The van der Waals surface area contributed by atoms with E-state index in [1.165, 1.54) is 5.56 Å². The molecule has 0 saturated heterocycles. The summed E-state index contributed by atoms with van der Waals surface area (Å²) >= 11 is 0. The lowest BCUT2D eigenvalue weighted by atomic mass is 9.89. The van der Waals surface area contributed by atoms with Crippen molar-refractivity contribution in [1.29, 1.82) is 0 Å². The van der Waals surface area contributed by atoms with Gasteiger partial charge in [0, 0.05) is 5.39 Å². The van der Waals surface area contributed by atoms with Crippen LogP contribution in [0, 0.1) is 0 Å². The standard InChI is InChI=1S/C14H14N2O2/c15-13-10-4-2-1-3-9(10)11-7-8(14(17)18)5-6-12(11)16-13/h5-7H,1-4H2,(H2,15,16)(H,17,18). The van der Waals surface area contributed by atoms with Gasteiger partial charge in [0.05, 0.1) is 11.1 Å². The number of rotatable bonds is 1. The highest BCUT2D eigenvalue weighted by Crippen LogP contribution is 2.31. The lowest BCUT2D eigenvalue weighted by Crippen LogP contribution is -2.09. The van der Waals surface area contributed by atoms with Crippen LogP contribution in [0.1, 0.15) is 34.3 Å². The van der Waals surface area contributed by atoms with E-state index in [-0.39, 0.29) is 0 Å². The molecule has 0 bridgehead atoms. The number of nitrogen functional groups attached to an aromatic ring is 1. The van der Waals surface area contributed by atoms with Crippen LogP contribution < -0.4 is 5.73 Å². The molecule has 3 N–H and O–H groups in total. The molecule has 4 heteroatoms. The molecule has 3 rings (SSSR count). The van der Waals surface area contributed by atoms with Gasteiger partial charge in [0.25, 0.3) is 0 Å². The van der Waals surface area contributed by atoms with Crippen LogP contribution >= 0.6 is 0 Å². The molecule has 18 heavy (non-hydrogen) atoms. The second kappa shape index (κ2) is 3.98. The van der Waals surface area contributed by atoms with Crippen molar-refractivity contribution >= 4 is 22.7 Å². The van der Waals surface area contributed by atoms with E-state index in [4.69, 9.17) is 10.8 Å². The van der Waals surface area contributed by atoms with Crippen molar-refractivity contribution in [1.82, 2.24) is 4.98 Å². The van der Waals surface area contributed by atoms with Gasteiger partial charge < -0.3 is 10.8 Å². The van der Waals surface area contributed by atoms with E-state index >= 15 is 0 Å². The third kappa shape index (κ3) is 1.61. The van der Waals surface area contributed by atoms with Crippen molar-refractivity contribution in [3.05, 3.63) is 34.9 Å². The van der Waals surface area contributed by atoms with E-state index in [9.17, 15) is 4.79 Å². The van der Waals surface area contributed by atoms with Crippen molar-refractivity contribution in [2.75, 3.05) is 5.73 Å². The molecule has 1 aliphatic carbocycles. The van der Waals surface area contributed by atoms with Crippen LogP contribution in [0.3, 0.4) is 0 Å². The minimum absolute atomic E-state index is 0.307. The van der Waals surface area contributed by atoms with Gasteiger partial charge in [-0.05, 0) is 55.0 Å². The fourth-order valence-electron chi connectivity index (χ4n) is 2.69. The summed E-state index contributed by atoms with van der Waals surface area (Å²) in [5, 5.41) is 10.0. The number of aryl methyl sites for hydroxylation is 1. The molecular formula is C14H14N2O2. The van der Waals surface area contributed by atoms with Gasteiger partial charge in [-0.15, -0.1) is 0 Å². The molecule has 1 heterocycles. The number of hydrogen-bond donors (Lipinski definition) is 2. The van der Waals surface area contributed by atoms with Gasteiger partial charge in [0.2, 0.25) is 0 Å². The minimum Gasteiger partial charge on any atom is -0.478 e. The molecule has 1 aliphatic rings. The Kier molecular flexibility index (Phi) is 2.44. The second-order valence-electron chi connectivity index (χ2n) is 4.70. The molecule has 0 amide bonds. The normalized spacial score (nSPS) is 14.4. The molecule has 0 radical (unpaired) electrons. The molecule has 1 aromatic heterocycles. The van der Waals surface area contributed by atoms with Crippen molar-refractivity contribution in [2.24, 2.45) is 0 Å². The molecule has 92 valence electrons. The summed E-state index contributed by atoms with van der Waals surface area (Å²) in [4.78, 5) is 15.4. The summed E-state index contributed by atoms with van der Waals surface area (Å²) in [6, 6.07) is 5.03. The maximum absolute atomic E-state index is 11.0. The Morgan fingerprint density at radius 2 is 1.94 bits per heavy atom. The minimum atomic E-state index is -0.904. The second-order valence-corrected chi connectivity index (χ2v) is 4.70. The Morgan fingerprint density at radius 1 is 1.22 bits per heavy atom. The Hall–Kier alpha value is -2.10. The summed E-state index contributed by atoms with van der Waals surface area (Å²) in [7, 11) is 0. The van der Waals surface area contributed by atoms with Gasteiger partial charge in [-0.1, -0.05) is 0 Å². The van der Waals surface area contributed by atoms with Crippen molar-refractivity contribution in [2.45, 2.75) is 25.7 Å². The number of carboxylic acids is 1. The van der Waals surface area contributed by atoms with Gasteiger partial charge in [-0.2, -0.15) is 0 Å². The summed E-state index contributed by atoms with van der Waals surface area (Å²) in [5.74, 6) is -0.307. The predicted octanol–water partition coefficient (Wildman–Crippen LogP) is 2.39. The lowest BCUT2D eigenvalue weighted by molar-refractivity contribution is 0.0697. The zero-order valence-corrected chi connectivity index (χ0v) is 9.94. The first-order valence-electron chi connectivity index (χ1n) is 6.11. The SMILES string of the molecule is Nc1nc2ccc(C(=O)O)cc2c2c1CCCC2. The van der Waals surface area contributed by atoms with Crippen LogP contribution in [0.25, 0.3) is 10.9 Å². The average Bonchev–Trinajstić information content (AvgIpc) is 2.38. The van der Waals surface area contributed by atoms with Gasteiger partial charge in [-0.25, -0.2) is 9.78 Å². The van der Waals surface area contributed by atoms with Crippen molar-refractivity contribution < 1.29 is 9.90 Å². The third-order valence-electron chi connectivity index (χ3n) is 3.59. The number of fused-ring (bicyclic) bond motifs is 3. The van der Waals surface area contributed by atoms with Crippen molar-refractivity contribution in [3.8, 4) is 0 Å². The molecule has 0 atom stereocenters. The number of aromatic carboxylic acids is 1. The van der Waals surface area contributed by atoms with Crippen molar-refractivity contribution in [3.63, 3.8) is 0 Å². The zero-order chi connectivity index (χ0) is 12.7. The van der Waals surface area contributed by atoms with Gasteiger partial charge in [-0.3, -0.25) is 0 Å². The predicted molar refractivity (Wildman–Crippen MR) is 69.8 cm³/mol. The number of carbonyl (C=O) groups is 1. The lowest BCUT2D eigenvalue weighted by Gasteiger charge is -2.19. The Balaban J connectivity index is 2.33. The molecule has 0 unspecified atom stereocenters. The summed E-state index contributed by atoms with van der Waals surface area (Å²) in [6.07, 6.45) is 4.16. The van der Waals surface area contributed by atoms with E-state index in [2.05, 4.69) is 4.98 Å². The number of benzene rings is 1. The third-order valence-corrected chi connectivity index (χ3v) is 3.59. The molecule has 0 saturated carbocycles. The Morgan fingerprint density at radius 3 is 2.67 bits per heavy atom. The molecule has 4 nitrogen and oxygen atoms in total. The van der Waals surface area contributed by atoms with Crippen LogP contribution in [0.15, 0.2) is 18.2 Å². The number of carboxylic acid groups (broad SMARTS) is 1. The Bertz CT molecular complexity index is 650. The van der Waals surface area contributed by atoms with E-state index in [0.717, 1.165) is 42.1 Å². The number of nitrogens with zero attached hydrogens (tertiary/aromatic N) is 1. The van der Waals surface area contributed by atoms with E-state index in [1.54, 1.807) is 18.2 Å². The van der Waals surface area contributed by atoms with Crippen LogP contribution in [-0.2, 0) is 12.8 Å². The number of anilines is 1. The quantitative estimate of drug-likeness (QED) is 0.805. The number of hydrogen-bond acceptors (Lipinski definition) is 3. The van der Waals surface area contributed by atoms with E-state index < -0.39 is 5.97 Å². The Labute approximate surface area is 104 Å². The van der Waals surface area contributed by atoms with Crippen LogP contribution in [-0.4, -0.2) is 16.1 Å². The van der Waals surface area contributed by atoms with Gasteiger partial charge >= 0.3 is 5.97 Å². The molecular weight excluding hydrogens is 228 g/mol. The first-order valence-corrected chi connectivity index (χ1v) is 6.11. The molecule has 0 fully saturated rings.